The number of methoxy groups -OCH3 is 3. The van der Waals surface area contributed by atoms with E-state index in [4.69, 9.17) is 14.2 Å². The van der Waals surface area contributed by atoms with E-state index in [1.165, 1.54) is 24.6 Å². The van der Waals surface area contributed by atoms with Gasteiger partial charge in [0.15, 0.2) is 0 Å². The molecular weight excluding hydrogens is 432 g/mol. The van der Waals surface area contributed by atoms with Crippen molar-refractivity contribution in [2.24, 2.45) is 5.92 Å². The van der Waals surface area contributed by atoms with Crippen LogP contribution in [0.1, 0.15) is 31.4 Å². The van der Waals surface area contributed by atoms with Crippen molar-refractivity contribution in [3.05, 3.63) is 48.0 Å². The van der Waals surface area contributed by atoms with Crippen LogP contribution in [0.15, 0.2) is 47.4 Å². The number of hydrogen-bond acceptors (Lipinski definition) is 6. The molecule has 9 heteroatoms. The monoisotopic (exact) mass is 462 g/mol. The van der Waals surface area contributed by atoms with Crippen molar-refractivity contribution in [3.8, 4) is 17.2 Å². The van der Waals surface area contributed by atoms with Gasteiger partial charge < -0.3 is 19.5 Å². The van der Waals surface area contributed by atoms with E-state index in [-0.39, 0.29) is 29.1 Å². The number of carbonyl (C=O) groups excluding carboxylic acids is 1. The maximum absolute atomic E-state index is 13.4. The third kappa shape index (κ3) is 5.16. The van der Waals surface area contributed by atoms with Crippen LogP contribution < -0.4 is 19.5 Å². The van der Waals surface area contributed by atoms with Gasteiger partial charge in [-0.1, -0.05) is 12.1 Å². The van der Waals surface area contributed by atoms with Gasteiger partial charge in [-0.15, -0.1) is 0 Å². The number of ether oxygens (including phenoxy) is 3. The molecule has 32 heavy (non-hydrogen) atoms. The molecule has 174 valence electrons. The van der Waals surface area contributed by atoms with Crippen LogP contribution in [0.4, 0.5) is 0 Å². The van der Waals surface area contributed by atoms with E-state index in [9.17, 15) is 13.2 Å². The molecule has 1 saturated heterocycles. The normalized spacial score (nSPS) is 17.9. The molecule has 0 aromatic heterocycles. The molecule has 0 bridgehead atoms. The van der Waals surface area contributed by atoms with Crippen LogP contribution in [0.25, 0.3) is 0 Å². The minimum absolute atomic E-state index is 0.0343. The molecule has 0 spiro atoms. The Labute approximate surface area is 189 Å². The molecule has 0 saturated carbocycles. The Morgan fingerprint density at radius 3 is 2.31 bits per heavy atom. The summed E-state index contributed by atoms with van der Waals surface area (Å²) >= 11 is 0. The molecule has 1 heterocycles. The number of rotatable bonds is 8. The van der Waals surface area contributed by atoms with Gasteiger partial charge in [0.25, 0.3) is 0 Å². The Morgan fingerprint density at radius 2 is 1.69 bits per heavy atom. The number of benzene rings is 2. The largest absolute Gasteiger partial charge is 0.497 e. The van der Waals surface area contributed by atoms with Crippen LogP contribution in [0.5, 0.6) is 17.2 Å². The number of hydrogen-bond donors (Lipinski definition) is 1. The number of piperidine rings is 1. The quantitative estimate of drug-likeness (QED) is 0.648. The highest BCUT2D eigenvalue weighted by atomic mass is 32.2. The standard InChI is InChI=1S/C23H30N2O6S/c1-16(17-7-9-19(29-2)10-8-17)24-23(26)18-6-5-13-25(15-18)32(27,28)22-14-20(30-3)11-12-21(22)31-4/h7-12,14,16,18H,5-6,13,15H2,1-4H3,(H,24,26)/t16-,18+/m1/s1. The van der Waals surface area contributed by atoms with E-state index in [2.05, 4.69) is 5.32 Å². The molecule has 1 amide bonds. The fraction of sp³-hybridized carbons (Fsp3) is 0.435. The van der Waals surface area contributed by atoms with E-state index in [1.54, 1.807) is 19.2 Å². The maximum Gasteiger partial charge on any atom is 0.246 e. The number of nitrogens with one attached hydrogen (secondary N) is 1. The van der Waals surface area contributed by atoms with Gasteiger partial charge in [-0.05, 0) is 49.6 Å². The Morgan fingerprint density at radius 1 is 1.03 bits per heavy atom. The molecule has 2 atom stereocenters. The lowest BCUT2D eigenvalue weighted by Crippen LogP contribution is -2.45. The molecule has 1 N–H and O–H groups in total. The molecule has 8 nitrogen and oxygen atoms in total. The molecular formula is C23H30N2O6S. The minimum atomic E-state index is -3.86. The van der Waals surface area contributed by atoms with Crippen LogP contribution in [-0.4, -0.2) is 53.0 Å². The van der Waals surface area contributed by atoms with E-state index in [0.717, 1.165) is 11.3 Å². The number of carbonyl (C=O) groups is 1. The summed E-state index contributed by atoms with van der Waals surface area (Å²) in [6, 6.07) is 11.9. The van der Waals surface area contributed by atoms with Gasteiger partial charge in [0.05, 0.1) is 33.3 Å². The predicted octanol–water partition coefficient (Wildman–Crippen LogP) is 2.99. The molecule has 1 fully saturated rings. The average molecular weight is 463 g/mol. The lowest BCUT2D eigenvalue weighted by Gasteiger charge is -2.32. The topological polar surface area (TPSA) is 94.2 Å². The predicted molar refractivity (Wildman–Crippen MR) is 121 cm³/mol. The first-order valence-electron chi connectivity index (χ1n) is 10.5. The summed E-state index contributed by atoms with van der Waals surface area (Å²) in [5, 5.41) is 3.01. The number of amides is 1. The molecule has 1 aliphatic rings. The molecule has 2 aromatic rings. The van der Waals surface area contributed by atoms with Gasteiger partial charge in [-0.3, -0.25) is 4.79 Å². The van der Waals surface area contributed by atoms with Crippen molar-refractivity contribution in [3.63, 3.8) is 0 Å². The third-order valence-corrected chi connectivity index (χ3v) is 7.60. The summed E-state index contributed by atoms with van der Waals surface area (Å²) in [5.74, 6) is 0.810. The second-order valence-corrected chi connectivity index (χ2v) is 9.63. The Kier molecular flexibility index (Phi) is 7.63. The molecule has 2 aromatic carbocycles. The first-order valence-corrected chi connectivity index (χ1v) is 11.9. The fourth-order valence-corrected chi connectivity index (χ4v) is 5.50. The lowest BCUT2D eigenvalue weighted by atomic mass is 9.98. The van der Waals surface area contributed by atoms with Gasteiger partial charge >= 0.3 is 0 Å². The Balaban J connectivity index is 1.73. The number of nitrogens with zero attached hydrogens (tertiary/aromatic N) is 1. The second kappa shape index (κ2) is 10.2. The first kappa shape index (κ1) is 23.9. The number of sulfonamides is 1. The summed E-state index contributed by atoms with van der Waals surface area (Å²) in [6.45, 7) is 2.36. The SMILES string of the molecule is COc1ccc([C@@H](C)NC(=O)[C@H]2CCCN(S(=O)(=O)c3cc(OC)ccc3OC)C2)cc1. The smallest absolute Gasteiger partial charge is 0.246 e. The molecule has 0 unspecified atom stereocenters. The zero-order valence-electron chi connectivity index (χ0n) is 18.8. The zero-order chi connectivity index (χ0) is 23.3. The van der Waals surface area contributed by atoms with Gasteiger partial charge in [0.2, 0.25) is 15.9 Å². The van der Waals surface area contributed by atoms with Crippen molar-refractivity contribution in [2.45, 2.75) is 30.7 Å². The van der Waals surface area contributed by atoms with E-state index in [1.807, 2.05) is 31.2 Å². The lowest BCUT2D eigenvalue weighted by molar-refractivity contribution is -0.126. The first-order chi connectivity index (χ1) is 15.3. The van der Waals surface area contributed by atoms with Crippen molar-refractivity contribution in [1.82, 2.24) is 9.62 Å². The van der Waals surface area contributed by atoms with Gasteiger partial charge in [0, 0.05) is 19.2 Å². The summed E-state index contributed by atoms with van der Waals surface area (Å²) in [6.07, 6.45) is 1.23. The zero-order valence-corrected chi connectivity index (χ0v) is 19.6. The highest BCUT2D eigenvalue weighted by Crippen LogP contribution is 2.33. The second-order valence-electron chi connectivity index (χ2n) is 7.72. The van der Waals surface area contributed by atoms with Crippen LogP contribution in [0.2, 0.25) is 0 Å². The van der Waals surface area contributed by atoms with Crippen molar-refractivity contribution in [1.29, 1.82) is 0 Å². The highest BCUT2D eigenvalue weighted by Gasteiger charge is 2.35. The van der Waals surface area contributed by atoms with Crippen LogP contribution >= 0.6 is 0 Å². The van der Waals surface area contributed by atoms with Crippen LogP contribution in [0.3, 0.4) is 0 Å². The van der Waals surface area contributed by atoms with Gasteiger partial charge in [0.1, 0.15) is 22.1 Å². The van der Waals surface area contributed by atoms with E-state index >= 15 is 0 Å². The molecule has 3 rings (SSSR count). The van der Waals surface area contributed by atoms with Crippen LogP contribution in [0, 0.1) is 5.92 Å². The molecule has 0 aliphatic carbocycles. The summed E-state index contributed by atoms with van der Waals surface area (Å²) in [4.78, 5) is 13.0. The Hall–Kier alpha value is -2.78. The summed E-state index contributed by atoms with van der Waals surface area (Å²) in [5.41, 5.74) is 0.945. The van der Waals surface area contributed by atoms with Crippen molar-refractivity contribution < 1.29 is 27.4 Å². The molecule has 1 aliphatic heterocycles. The maximum atomic E-state index is 13.4. The highest BCUT2D eigenvalue weighted by molar-refractivity contribution is 7.89. The third-order valence-electron chi connectivity index (χ3n) is 5.72. The minimum Gasteiger partial charge on any atom is -0.497 e. The van der Waals surface area contributed by atoms with Gasteiger partial charge in [-0.2, -0.15) is 4.31 Å². The molecule has 0 radical (unpaired) electrons. The van der Waals surface area contributed by atoms with Crippen molar-refractivity contribution in [2.75, 3.05) is 34.4 Å². The Bertz CT molecular complexity index is 1040. The van der Waals surface area contributed by atoms with Crippen LogP contribution in [-0.2, 0) is 14.8 Å². The van der Waals surface area contributed by atoms with E-state index < -0.39 is 15.9 Å². The summed E-state index contributed by atoms with van der Waals surface area (Å²) in [7, 11) is 0.644. The summed E-state index contributed by atoms with van der Waals surface area (Å²) < 4.78 is 43.7. The fourth-order valence-electron chi connectivity index (χ4n) is 3.81. The van der Waals surface area contributed by atoms with E-state index in [0.29, 0.717) is 25.1 Å². The van der Waals surface area contributed by atoms with Crippen molar-refractivity contribution >= 4 is 15.9 Å². The van der Waals surface area contributed by atoms with Gasteiger partial charge in [-0.25, -0.2) is 8.42 Å². The average Bonchev–Trinajstić information content (AvgIpc) is 2.83.